The monoisotopic (exact) mass is 248 g/mol. The van der Waals surface area contributed by atoms with E-state index in [4.69, 9.17) is 0 Å². The van der Waals surface area contributed by atoms with E-state index >= 15 is 0 Å². The third-order valence-electron chi connectivity index (χ3n) is 1.85. The zero-order valence-electron chi connectivity index (χ0n) is 8.40. The second-order valence-corrected chi connectivity index (χ2v) is 2.86. The van der Waals surface area contributed by atoms with Crippen molar-refractivity contribution in [1.82, 2.24) is 4.98 Å². The van der Waals surface area contributed by atoms with Crippen molar-refractivity contribution in [2.75, 3.05) is 7.11 Å². The van der Waals surface area contributed by atoms with Gasteiger partial charge in [-0.05, 0) is 0 Å². The van der Waals surface area contributed by atoms with Crippen LogP contribution in [0.3, 0.4) is 0 Å². The summed E-state index contributed by atoms with van der Waals surface area (Å²) >= 11 is 0. The van der Waals surface area contributed by atoms with Crippen molar-refractivity contribution >= 4 is 11.7 Å². The second-order valence-electron chi connectivity index (χ2n) is 2.86. The molecule has 0 saturated carbocycles. The maximum atomic E-state index is 12.5. The maximum absolute atomic E-state index is 12.5. The van der Waals surface area contributed by atoms with E-state index in [0.29, 0.717) is 6.07 Å². The molecular formula is C8H6F2N2O5. The number of H-pyrrole nitrogens is 1. The van der Waals surface area contributed by atoms with Crippen molar-refractivity contribution in [2.45, 2.75) is 6.43 Å². The molecule has 0 aliphatic carbocycles. The topological polar surface area (TPSA) is 102 Å². The number of carbonyl (C=O) groups excluding carboxylic acids is 1. The van der Waals surface area contributed by atoms with E-state index in [1.54, 1.807) is 4.98 Å². The van der Waals surface area contributed by atoms with Gasteiger partial charge in [0.05, 0.1) is 12.0 Å². The minimum Gasteiger partial charge on any atom is -0.464 e. The van der Waals surface area contributed by atoms with Crippen LogP contribution in [0.25, 0.3) is 0 Å². The molecule has 0 spiro atoms. The van der Waals surface area contributed by atoms with Crippen LogP contribution in [-0.4, -0.2) is 23.0 Å². The van der Waals surface area contributed by atoms with Gasteiger partial charge in [0.1, 0.15) is 5.56 Å². The van der Waals surface area contributed by atoms with E-state index in [0.717, 1.165) is 7.11 Å². The summed E-state index contributed by atoms with van der Waals surface area (Å²) in [5, 5.41) is 10.6. The van der Waals surface area contributed by atoms with E-state index < -0.39 is 39.8 Å². The molecule has 0 atom stereocenters. The van der Waals surface area contributed by atoms with Crippen LogP contribution in [0, 0.1) is 10.1 Å². The molecule has 1 N–H and O–H groups in total. The summed E-state index contributed by atoms with van der Waals surface area (Å²) < 4.78 is 29.2. The fourth-order valence-corrected chi connectivity index (χ4v) is 1.19. The van der Waals surface area contributed by atoms with Crippen LogP contribution in [-0.2, 0) is 4.74 Å². The highest BCUT2D eigenvalue weighted by Crippen LogP contribution is 2.29. The fraction of sp³-hybridized carbons (Fsp3) is 0.250. The third kappa shape index (κ3) is 2.44. The number of aromatic nitrogens is 1. The summed E-state index contributed by atoms with van der Waals surface area (Å²) in [4.78, 5) is 33.4. The van der Waals surface area contributed by atoms with Crippen molar-refractivity contribution in [1.29, 1.82) is 0 Å². The molecule has 1 heterocycles. The molecule has 0 bridgehead atoms. The number of aromatic amines is 1. The highest BCUT2D eigenvalue weighted by Gasteiger charge is 2.31. The first-order valence-corrected chi connectivity index (χ1v) is 4.16. The van der Waals surface area contributed by atoms with Gasteiger partial charge in [-0.3, -0.25) is 14.9 Å². The number of ether oxygens (including phenoxy) is 1. The molecule has 1 rings (SSSR count). The number of hydrogen-bond acceptors (Lipinski definition) is 5. The largest absolute Gasteiger partial charge is 0.464 e. The van der Waals surface area contributed by atoms with Gasteiger partial charge in [0.2, 0.25) is 11.3 Å². The first kappa shape index (κ1) is 12.7. The van der Waals surface area contributed by atoms with Gasteiger partial charge in [-0.2, -0.15) is 0 Å². The summed E-state index contributed by atoms with van der Waals surface area (Å²) in [6, 6.07) is 0.370. The van der Waals surface area contributed by atoms with E-state index in [-0.39, 0.29) is 0 Å². The first-order chi connectivity index (χ1) is 7.88. The smallest absolute Gasteiger partial charge is 0.361 e. The normalized spacial score (nSPS) is 10.4. The quantitative estimate of drug-likeness (QED) is 0.488. The number of carbonyl (C=O) groups is 1. The zero-order valence-corrected chi connectivity index (χ0v) is 8.40. The van der Waals surface area contributed by atoms with Crippen molar-refractivity contribution in [3.05, 3.63) is 37.8 Å². The number of esters is 1. The molecule has 0 radical (unpaired) electrons. The highest BCUT2D eigenvalue weighted by molar-refractivity contribution is 5.92. The third-order valence-corrected chi connectivity index (χ3v) is 1.85. The van der Waals surface area contributed by atoms with Crippen molar-refractivity contribution in [3.8, 4) is 0 Å². The molecule has 0 aliphatic heterocycles. The number of nitrogens with zero attached hydrogens (tertiary/aromatic N) is 1. The molecule has 1 aromatic heterocycles. The molecular weight excluding hydrogens is 242 g/mol. The Morgan fingerprint density at radius 3 is 2.59 bits per heavy atom. The molecule has 0 fully saturated rings. The molecule has 0 saturated heterocycles. The minimum absolute atomic E-state index is 0.370. The van der Waals surface area contributed by atoms with Crippen LogP contribution in [0.2, 0.25) is 0 Å². The van der Waals surface area contributed by atoms with Crippen LogP contribution in [0.1, 0.15) is 22.5 Å². The first-order valence-electron chi connectivity index (χ1n) is 4.16. The Kier molecular flexibility index (Phi) is 3.51. The standard InChI is InChI=1S/C8H6F2N2O5/c1-17-8(14)5-6(12(15)16)3(7(9)10)2-4(13)11-5/h2,7H,1H3,(H,11,13). The van der Waals surface area contributed by atoms with Gasteiger partial charge >= 0.3 is 11.7 Å². The van der Waals surface area contributed by atoms with Crippen molar-refractivity contribution < 1.29 is 23.2 Å². The van der Waals surface area contributed by atoms with E-state index in [2.05, 4.69) is 4.74 Å². The SMILES string of the molecule is COC(=O)c1[nH]c(=O)cc(C(F)F)c1[N+](=O)[O-]. The number of rotatable bonds is 3. The lowest BCUT2D eigenvalue weighted by atomic mass is 10.2. The lowest BCUT2D eigenvalue weighted by molar-refractivity contribution is -0.386. The number of alkyl halides is 2. The predicted molar refractivity (Wildman–Crippen MR) is 50.0 cm³/mol. The maximum Gasteiger partial charge on any atom is 0.361 e. The molecule has 0 aliphatic rings. The lowest BCUT2D eigenvalue weighted by Gasteiger charge is -2.05. The van der Waals surface area contributed by atoms with E-state index in [1.165, 1.54) is 0 Å². The number of nitrogens with one attached hydrogen (secondary N) is 1. The van der Waals surface area contributed by atoms with Gasteiger partial charge in [-0.25, -0.2) is 13.6 Å². The summed E-state index contributed by atoms with van der Waals surface area (Å²) in [5.74, 6) is -1.27. The van der Waals surface area contributed by atoms with E-state index in [1.807, 2.05) is 0 Å². The van der Waals surface area contributed by atoms with Crippen LogP contribution in [0.15, 0.2) is 10.9 Å². The number of hydrogen-bond donors (Lipinski definition) is 1. The Morgan fingerprint density at radius 1 is 1.59 bits per heavy atom. The van der Waals surface area contributed by atoms with Crippen LogP contribution >= 0.6 is 0 Å². The molecule has 7 nitrogen and oxygen atoms in total. The molecule has 1 aromatic rings. The number of halogens is 2. The fourth-order valence-electron chi connectivity index (χ4n) is 1.19. The summed E-state index contributed by atoms with van der Waals surface area (Å²) in [6.45, 7) is 0. The lowest BCUT2D eigenvalue weighted by Crippen LogP contribution is -2.18. The van der Waals surface area contributed by atoms with Crippen molar-refractivity contribution in [3.63, 3.8) is 0 Å². The molecule has 92 valence electrons. The van der Waals surface area contributed by atoms with Crippen molar-refractivity contribution in [2.24, 2.45) is 0 Å². The van der Waals surface area contributed by atoms with Gasteiger partial charge in [0.25, 0.3) is 6.43 Å². The highest BCUT2D eigenvalue weighted by atomic mass is 19.3. The van der Waals surface area contributed by atoms with E-state index in [9.17, 15) is 28.5 Å². The van der Waals surface area contributed by atoms with Gasteiger partial charge in [-0.15, -0.1) is 0 Å². The zero-order chi connectivity index (χ0) is 13.2. The predicted octanol–water partition coefficient (Wildman–Crippen LogP) is 1.01. The Balaban J connectivity index is 3.63. The minimum atomic E-state index is -3.25. The Labute approximate surface area is 92.2 Å². The number of pyridine rings is 1. The Bertz CT molecular complexity index is 525. The summed E-state index contributed by atoms with van der Waals surface area (Å²) in [7, 11) is 0.902. The van der Waals surface area contributed by atoms with Gasteiger partial charge in [0, 0.05) is 6.07 Å². The average Bonchev–Trinajstić information content (AvgIpc) is 2.26. The molecule has 9 heteroatoms. The summed E-state index contributed by atoms with van der Waals surface area (Å²) in [5.41, 5.74) is -4.24. The molecule has 0 aromatic carbocycles. The molecule has 17 heavy (non-hydrogen) atoms. The van der Waals surface area contributed by atoms with Crippen LogP contribution < -0.4 is 5.56 Å². The van der Waals surface area contributed by atoms with Gasteiger partial charge < -0.3 is 9.72 Å². The van der Waals surface area contributed by atoms with Crippen LogP contribution in [0.5, 0.6) is 0 Å². The number of nitro groups is 1. The summed E-state index contributed by atoms with van der Waals surface area (Å²) in [6.07, 6.45) is -3.25. The Hall–Kier alpha value is -2.32. The van der Waals surface area contributed by atoms with Gasteiger partial charge in [-0.1, -0.05) is 0 Å². The van der Waals surface area contributed by atoms with Crippen LogP contribution in [0.4, 0.5) is 14.5 Å². The van der Waals surface area contributed by atoms with Gasteiger partial charge in [0.15, 0.2) is 0 Å². The molecule has 0 unspecified atom stereocenters. The number of methoxy groups -OCH3 is 1. The average molecular weight is 248 g/mol. The Morgan fingerprint density at radius 2 is 2.18 bits per heavy atom. The second kappa shape index (κ2) is 4.68. The molecule has 0 amide bonds.